The molecule has 7 nitrogen and oxygen atoms in total. The van der Waals surface area contributed by atoms with Crippen LogP contribution in [0.3, 0.4) is 0 Å². The van der Waals surface area contributed by atoms with Gasteiger partial charge in [0.1, 0.15) is 11.0 Å². The molecular formula is C19H21N3O4S. The zero-order valence-electron chi connectivity index (χ0n) is 15.4. The molecule has 0 unspecified atom stereocenters. The first-order valence-corrected chi connectivity index (χ1v) is 9.50. The van der Waals surface area contributed by atoms with Crippen LogP contribution in [0.1, 0.15) is 31.1 Å². The predicted octanol–water partition coefficient (Wildman–Crippen LogP) is 4.14. The van der Waals surface area contributed by atoms with Gasteiger partial charge in [0.15, 0.2) is 11.5 Å². The summed E-state index contributed by atoms with van der Waals surface area (Å²) in [6, 6.07) is 8.79. The van der Waals surface area contributed by atoms with Crippen molar-refractivity contribution in [2.45, 2.75) is 20.8 Å². The highest BCUT2D eigenvalue weighted by molar-refractivity contribution is 7.00. The van der Waals surface area contributed by atoms with Crippen LogP contribution in [0.25, 0.3) is 11.0 Å². The molecule has 3 rings (SSSR count). The fourth-order valence-corrected chi connectivity index (χ4v) is 3.17. The van der Waals surface area contributed by atoms with Crippen molar-refractivity contribution in [1.82, 2.24) is 8.75 Å². The molecule has 1 N–H and O–H groups in total. The summed E-state index contributed by atoms with van der Waals surface area (Å²) < 4.78 is 25.4. The molecule has 2 aromatic carbocycles. The predicted molar refractivity (Wildman–Crippen MR) is 105 cm³/mol. The topological polar surface area (TPSA) is 82.6 Å². The monoisotopic (exact) mass is 387 g/mol. The summed E-state index contributed by atoms with van der Waals surface area (Å²) in [6.07, 6.45) is 0. The Balaban J connectivity index is 1.96. The van der Waals surface area contributed by atoms with Crippen LogP contribution in [-0.4, -0.2) is 34.5 Å². The number of nitrogens with zero attached hydrogens (tertiary/aromatic N) is 2. The van der Waals surface area contributed by atoms with Crippen LogP contribution in [-0.2, 0) is 0 Å². The lowest BCUT2D eigenvalue weighted by atomic mass is 10.1. The number of carbonyl (C=O) groups excluding carboxylic acids is 1. The number of anilines is 1. The first-order chi connectivity index (χ1) is 13.2. The van der Waals surface area contributed by atoms with Crippen molar-refractivity contribution >= 4 is 34.4 Å². The minimum absolute atomic E-state index is 0.291. The first-order valence-electron chi connectivity index (χ1n) is 8.76. The van der Waals surface area contributed by atoms with Gasteiger partial charge in [-0.05, 0) is 45.0 Å². The Bertz CT molecular complexity index is 915. The number of fused-ring (bicyclic) bond motifs is 1. The standard InChI is InChI=1S/C19H21N3O4S/c1-4-24-15-10-12(11-16(25-5-2)18(15)26-6-3)19(23)20-13-8-7-9-14-17(13)22-27-21-14/h7-11H,4-6H2,1-3H3,(H,20,23). The van der Waals surface area contributed by atoms with Gasteiger partial charge in [-0.3, -0.25) is 4.79 Å². The number of hydrogen-bond donors (Lipinski definition) is 1. The van der Waals surface area contributed by atoms with Crippen LogP contribution in [0.15, 0.2) is 30.3 Å². The zero-order valence-corrected chi connectivity index (χ0v) is 16.3. The number of benzene rings is 2. The van der Waals surface area contributed by atoms with Crippen molar-refractivity contribution in [3.8, 4) is 17.2 Å². The molecule has 1 aromatic heterocycles. The van der Waals surface area contributed by atoms with Gasteiger partial charge in [-0.25, -0.2) is 0 Å². The van der Waals surface area contributed by atoms with Crippen LogP contribution in [0.5, 0.6) is 17.2 Å². The number of aromatic nitrogens is 2. The summed E-state index contributed by atoms with van der Waals surface area (Å²) in [5.41, 5.74) is 2.42. The van der Waals surface area contributed by atoms with Crippen LogP contribution in [0, 0.1) is 0 Å². The number of ether oxygens (including phenoxy) is 3. The molecule has 0 saturated heterocycles. The molecule has 0 bridgehead atoms. The molecule has 0 radical (unpaired) electrons. The third-order valence-electron chi connectivity index (χ3n) is 3.71. The van der Waals surface area contributed by atoms with E-state index in [1.54, 1.807) is 18.2 Å². The summed E-state index contributed by atoms with van der Waals surface area (Å²) in [5, 5.41) is 2.89. The van der Waals surface area contributed by atoms with E-state index in [1.807, 2.05) is 32.9 Å². The van der Waals surface area contributed by atoms with Crippen LogP contribution in [0.4, 0.5) is 5.69 Å². The number of amides is 1. The van der Waals surface area contributed by atoms with Gasteiger partial charge in [-0.2, -0.15) is 8.75 Å². The van der Waals surface area contributed by atoms with Crippen molar-refractivity contribution in [3.05, 3.63) is 35.9 Å². The Morgan fingerprint density at radius 1 is 1.00 bits per heavy atom. The fraction of sp³-hybridized carbons (Fsp3) is 0.316. The van der Waals surface area contributed by atoms with Crippen LogP contribution in [0.2, 0.25) is 0 Å². The van der Waals surface area contributed by atoms with Gasteiger partial charge in [0.25, 0.3) is 5.91 Å². The molecule has 27 heavy (non-hydrogen) atoms. The number of carbonyl (C=O) groups is 1. The molecule has 0 atom stereocenters. The van der Waals surface area contributed by atoms with Crippen molar-refractivity contribution in [2.75, 3.05) is 25.1 Å². The average Bonchev–Trinajstić information content (AvgIpc) is 3.14. The van der Waals surface area contributed by atoms with Crippen LogP contribution >= 0.6 is 11.7 Å². The molecule has 0 aliphatic carbocycles. The zero-order chi connectivity index (χ0) is 19.2. The second-order valence-electron chi connectivity index (χ2n) is 5.49. The third kappa shape index (κ3) is 4.11. The van der Waals surface area contributed by atoms with E-state index in [2.05, 4.69) is 14.1 Å². The highest BCUT2D eigenvalue weighted by atomic mass is 32.1. The van der Waals surface area contributed by atoms with Gasteiger partial charge in [-0.1, -0.05) is 6.07 Å². The van der Waals surface area contributed by atoms with Gasteiger partial charge in [0, 0.05) is 5.56 Å². The first kappa shape index (κ1) is 18.9. The molecular weight excluding hydrogens is 366 g/mol. The van der Waals surface area contributed by atoms with Crippen molar-refractivity contribution in [2.24, 2.45) is 0 Å². The van der Waals surface area contributed by atoms with E-state index in [-0.39, 0.29) is 5.91 Å². The summed E-state index contributed by atoms with van der Waals surface area (Å²) >= 11 is 1.11. The van der Waals surface area contributed by atoms with E-state index in [0.717, 1.165) is 17.2 Å². The van der Waals surface area contributed by atoms with Gasteiger partial charge in [0.05, 0.1) is 37.2 Å². The molecule has 1 amide bonds. The minimum atomic E-state index is -0.291. The highest BCUT2D eigenvalue weighted by Gasteiger charge is 2.19. The SMILES string of the molecule is CCOc1cc(C(=O)Nc2cccc3nsnc23)cc(OCC)c1OCC. The summed E-state index contributed by atoms with van der Waals surface area (Å²) in [6.45, 7) is 6.98. The maximum absolute atomic E-state index is 12.9. The van der Waals surface area contributed by atoms with Crippen molar-refractivity contribution < 1.29 is 19.0 Å². The maximum Gasteiger partial charge on any atom is 0.256 e. The average molecular weight is 387 g/mol. The number of rotatable bonds is 8. The third-order valence-corrected chi connectivity index (χ3v) is 4.25. The van der Waals surface area contributed by atoms with E-state index < -0.39 is 0 Å². The Hall–Kier alpha value is -2.87. The molecule has 0 fully saturated rings. The normalized spacial score (nSPS) is 10.6. The molecule has 142 valence electrons. The molecule has 8 heteroatoms. The molecule has 0 aliphatic heterocycles. The van der Waals surface area contributed by atoms with Gasteiger partial charge in [0.2, 0.25) is 5.75 Å². The van der Waals surface area contributed by atoms with Gasteiger partial charge >= 0.3 is 0 Å². The van der Waals surface area contributed by atoms with Gasteiger partial charge in [-0.15, -0.1) is 0 Å². The Labute approximate surface area is 161 Å². The second kappa shape index (κ2) is 8.68. The Kier molecular flexibility index (Phi) is 6.08. The lowest BCUT2D eigenvalue weighted by molar-refractivity contribution is 0.102. The lowest BCUT2D eigenvalue weighted by Crippen LogP contribution is -2.13. The Morgan fingerprint density at radius 2 is 1.67 bits per heavy atom. The lowest BCUT2D eigenvalue weighted by Gasteiger charge is -2.17. The fourth-order valence-electron chi connectivity index (χ4n) is 2.62. The van der Waals surface area contributed by atoms with Gasteiger partial charge < -0.3 is 19.5 Å². The Morgan fingerprint density at radius 3 is 2.30 bits per heavy atom. The second-order valence-corrected chi connectivity index (χ2v) is 6.02. The number of nitrogens with one attached hydrogen (secondary N) is 1. The van der Waals surface area contributed by atoms with E-state index in [9.17, 15) is 4.79 Å². The van der Waals surface area contributed by atoms with Crippen molar-refractivity contribution in [3.63, 3.8) is 0 Å². The maximum atomic E-state index is 12.9. The molecule has 3 aromatic rings. The number of hydrogen-bond acceptors (Lipinski definition) is 7. The highest BCUT2D eigenvalue weighted by Crippen LogP contribution is 2.39. The van der Waals surface area contributed by atoms with Crippen molar-refractivity contribution in [1.29, 1.82) is 0 Å². The van der Waals surface area contributed by atoms with E-state index >= 15 is 0 Å². The quantitative estimate of drug-likeness (QED) is 0.625. The largest absolute Gasteiger partial charge is 0.490 e. The summed E-state index contributed by atoms with van der Waals surface area (Å²) in [7, 11) is 0. The van der Waals surface area contributed by atoms with Crippen LogP contribution < -0.4 is 19.5 Å². The summed E-state index contributed by atoms with van der Waals surface area (Å²) in [5.74, 6) is 1.16. The molecule has 0 spiro atoms. The summed E-state index contributed by atoms with van der Waals surface area (Å²) in [4.78, 5) is 12.9. The molecule has 0 aliphatic rings. The van der Waals surface area contributed by atoms with E-state index in [0.29, 0.717) is 53.8 Å². The van der Waals surface area contributed by atoms with E-state index in [4.69, 9.17) is 14.2 Å². The molecule has 1 heterocycles. The van der Waals surface area contributed by atoms with E-state index in [1.165, 1.54) is 0 Å². The minimum Gasteiger partial charge on any atom is -0.490 e. The smallest absolute Gasteiger partial charge is 0.256 e. The molecule has 0 saturated carbocycles.